The van der Waals surface area contributed by atoms with Gasteiger partial charge in [-0.15, -0.1) is 0 Å². The fourth-order valence-electron chi connectivity index (χ4n) is 2.15. The van der Waals surface area contributed by atoms with E-state index in [9.17, 15) is 9.18 Å². The molecule has 1 aliphatic rings. The van der Waals surface area contributed by atoms with Crippen LogP contribution >= 0.6 is 0 Å². The van der Waals surface area contributed by atoms with Crippen LogP contribution in [0.15, 0.2) is 24.3 Å². The number of nitrogens with one attached hydrogen (secondary N) is 1. The molecule has 0 bridgehead atoms. The number of halogens is 1. The third kappa shape index (κ3) is 2.07. The zero-order valence-corrected chi connectivity index (χ0v) is 9.07. The summed E-state index contributed by atoms with van der Waals surface area (Å²) < 4.78 is 17.5. The summed E-state index contributed by atoms with van der Waals surface area (Å²) in [5.41, 5.74) is 0.974. The van der Waals surface area contributed by atoms with Crippen molar-refractivity contribution in [2.45, 2.75) is 18.4 Å². The van der Waals surface area contributed by atoms with Crippen molar-refractivity contribution in [3.8, 4) is 0 Å². The average Bonchev–Trinajstić information content (AvgIpc) is 2.78. The Labute approximate surface area is 93.6 Å². The number of hydrogen-bond acceptors (Lipinski definition) is 3. The van der Waals surface area contributed by atoms with Gasteiger partial charge in [0.15, 0.2) is 0 Å². The molecule has 86 valence electrons. The van der Waals surface area contributed by atoms with Gasteiger partial charge in [0.25, 0.3) is 0 Å². The lowest BCUT2D eigenvalue weighted by molar-refractivity contribution is -0.143. The molecule has 16 heavy (non-hydrogen) atoms. The molecule has 1 N–H and O–H groups in total. The first-order valence-corrected chi connectivity index (χ1v) is 5.29. The molecule has 3 nitrogen and oxygen atoms in total. The monoisotopic (exact) mass is 223 g/mol. The van der Waals surface area contributed by atoms with Crippen LogP contribution in [0.3, 0.4) is 0 Å². The minimum absolute atomic E-state index is 0.0769. The van der Waals surface area contributed by atoms with Crippen LogP contribution in [0.1, 0.15) is 17.9 Å². The summed E-state index contributed by atoms with van der Waals surface area (Å²) in [6.45, 7) is 0.780. The summed E-state index contributed by atoms with van der Waals surface area (Å²) in [6, 6.07) is 5.98. The van der Waals surface area contributed by atoms with E-state index >= 15 is 0 Å². The number of ether oxygens (including phenoxy) is 1. The molecule has 1 aromatic carbocycles. The van der Waals surface area contributed by atoms with Gasteiger partial charge in [0.1, 0.15) is 11.9 Å². The fraction of sp³-hybridized carbons (Fsp3) is 0.417. The Morgan fingerprint density at radius 3 is 2.75 bits per heavy atom. The van der Waals surface area contributed by atoms with Crippen LogP contribution in [0.5, 0.6) is 0 Å². The Morgan fingerprint density at radius 2 is 2.12 bits per heavy atom. The highest BCUT2D eigenvalue weighted by molar-refractivity contribution is 5.77. The molecule has 2 unspecified atom stereocenters. The Kier molecular flexibility index (Phi) is 3.19. The highest BCUT2D eigenvalue weighted by Gasteiger charge is 2.34. The molecule has 0 radical (unpaired) electrons. The van der Waals surface area contributed by atoms with Gasteiger partial charge in [0.2, 0.25) is 0 Å². The first-order chi connectivity index (χ1) is 7.72. The van der Waals surface area contributed by atoms with Crippen LogP contribution < -0.4 is 5.32 Å². The molecule has 2 rings (SSSR count). The van der Waals surface area contributed by atoms with Gasteiger partial charge < -0.3 is 10.1 Å². The van der Waals surface area contributed by atoms with Crippen molar-refractivity contribution >= 4 is 5.97 Å². The average molecular weight is 223 g/mol. The molecule has 0 spiro atoms. The molecule has 1 aromatic rings. The summed E-state index contributed by atoms with van der Waals surface area (Å²) in [7, 11) is 1.38. The van der Waals surface area contributed by atoms with Crippen LogP contribution in [0.4, 0.5) is 4.39 Å². The van der Waals surface area contributed by atoms with E-state index in [-0.39, 0.29) is 23.7 Å². The topological polar surface area (TPSA) is 38.3 Å². The van der Waals surface area contributed by atoms with Crippen molar-refractivity contribution in [2.24, 2.45) is 0 Å². The molecule has 1 heterocycles. The van der Waals surface area contributed by atoms with E-state index in [0.29, 0.717) is 0 Å². The van der Waals surface area contributed by atoms with Crippen LogP contribution in [0, 0.1) is 5.82 Å². The van der Waals surface area contributed by atoms with Crippen LogP contribution in [-0.4, -0.2) is 25.7 Å². The maximum Gasteiger partial charge on any atom is 0.323 e. The normalized spacial score (nSPS) is 24.4. The second-order valence-corrected chi connectivity index (χ2v) is 3.90. The van der Waals surface area contributed by atoms with E-state index in [0.717, 1.165) is 18.5 Å². The number of benzene rings is 1. The van der Waals surface area contributed by atoms with E-state index in [1.54, 1.807) is 12.1 Å². The number of esters is 1. The van der Waals surface area contributed by atoms with Crippen molar-refractivity contribution in [2.75, 3.05) is 13.7 Å². The zero-order valence-electron chi connectivity index (χ0n) is 9.07. The zero-order chi connectivity index (χ0) is 11.5. The molecule has 1 fully saturated rings. The maximum atomic E-state index is 12.8. The summed E-state index contributed by atoms with van der Waals surface area (Å²) in [6.07, 6.45) is 0.866. The highest BCUT2D eigenvalue weighted by Crippen LogP contribution is 2.28. The third-order valence-electron chi connectivity index (χ3n) is 2.98. The number of rotatable bonds is 2. The van der Waals surface area contributed by atoms with Gasteiger partial charge in [-0.05, 0) is 30.7 Å². The molecule has 2 atom stereocenters. The minimum Gasteiger partial charge on any atom is -0.468 e. The molecule has 0 amide bonds. The van der Waals surface area contributed by atoms with E-state index in [1.165, 1.54) is 19.2 Å². The van der Waals surface area contributed by atoms with Crippen molar-refractivity contribution < 1.29 is 13.9 Å². The first-order valence-electron chi connectivity index (χ1n) is 5.29. The number of hydrogen-bond donors (Lipinski definition) is 1. The van der Waals surface area contributed by atoms with Gasteiger partial charge in [-0.1, -0.05) is 12.1 Å². The number of carbonyl (C=O) groups is 1. The molecule has 0 aromatic heterocycles. The number of carbonyl (C=O) groups excluding carboxylic acids is 1. The molecule has 0 aliphatic carbocycles. The SMILES string of the molecule is COC(=O)C1NCCC1c1ccc(F)cc1. The quantitative estimate of drug-likeness (QED) is 0.771. The molecule has 4 heteroatoms. The maximum absolute atomic E-state index is 12.8. The second kappa shape index (κ2) is 4.61. The number of methoxy groups -OCH3 is 1. The van der Waals surface area contributed by atoms with E-state index < -0.39 is 0 Å². The van der Waals surface area contributed by atoms with Gasteiger partial charge in [-0.3, -0.25) is 4.79 Å². The van der Waals surface area contributed by atoms with Crippen LogP contribution in [0.25, 0.3) is 0 Å². The first kappa shape index (κ1) is 11.1. The second-order valence-electron chi connectivity index (χ2n) is 3.90. The van der Waals surface area contributed by atoms with E-state index in [4.69, 9.17) is 4.74 Å². The Morgan fingerprint density at radius 1 is 1.44 bits per heavy atom. The van der Waals surface area contributed by atoms with E-state index in [1.807, 2.05) is 0 Å². The molecule has 1 saturated heterocycles. The largest absolute Gasteiger partial charge is 0.468 e. The Balaban J connectivity index is 2.19. The lowest BCUT2D eigenvalue weighted by Gasteiger charge is -2.17. The van der Waals surface area contributed by atoms with Crippen molar-refractivity contribution in [1.29, 1.82) is 0 Å². The lowest BCUT2D eigenvalue weighted by atomic mass is 9.92. The summed E-state index contributed by atoms with van der Waals surface area (Å²) in [4.78, 5) is 11.5. The third-order valence-corrected chi connectivity index (χ3v) is 2.98. The van der Waals surface area contributed by atoms with Gasteiger partial charge >= 0.3 is 5.97 Å². The Hall–Kier alpha value is -1.42. The van der Waals surface area contributed by atoms with Gasteiger partial charge in [-0.2, -0.15) is 0 Å². The molecule has 0 saturated carbocycles. The van der Waals surface area contributed by atoms with Crippen molar-refractivity contribution in [3.05, 3.63) is 35.6 Å². The standard InChI is InChI=1S/C12H14FNO2/c1-16-12(15)11-10(6-7-14-11)8-2-4-9(13)5-3-8/h2-5,10-11,14H,6-7H2,1H3. The summed E-state index contributed by atoms with van der Waals surface area (Å²) >= 11 is 0. The predicted molar refractivity (Wildman–Crippen MR) is 57.6 cm³/mol. The summed E-state index contributed by atoms with van der Waals surface area (Å²) in [5.74, 6) is -0.441. The molecular weight excluding hydrogens is 209 g/mol. The van der Waals surface area contributed by atoms with E-state index in [2.05, 4.69) is 5.32 Å². The van der Waals surface area contributed by atoms with Gasteiger partial charge in [-0.25, -0.2) is 4.39 Å². The van der Waals surface area contributed by atoms with Gasteiger partial charge in [0.05, 0.1) is 7.11 Å². The molecule has 1 aliphatic heterocycles. The summed E-state index contributed by atoms with van der Waals surface area (Å²) in [5, 5.41) is 3.10. The van der Waals surface area contributed by atoms with Crippen molar-refractivity contribution in [1.82, 2.24) is 5.32 Å². The Bertz CT molecular complexity index is 377. The predicted octanol–water partition coefficient (Wildman–Crippen LogP) is 1.44. The van der Waals surface area contributed by atoms with Crippen LogP contribution in [-0.2, 0) is 9.53 Å². The minimum atomic E-state index is -0.310. The highest BCUT2D eigenvalue weighted by atomic mass is 19.1. The van der Waals surface area contributed by atoms with Gasteiger partial charge in [0, 0.05) is 5.92 Å². The van der Waals surface area contributed by atoms with Crippen molar-refractivity contribution in [3.63, 3.8) is 0 Å². The fourth-order valence-corrected chi connectivity index (χ4v) is 2.15. The lowest BCUT2D eigenvalue weighted by Crippen LogP contribution is -2.35. The molecular formula is C12H14FNO2. The van der Waals surface area contributed by atoms with Crippen LogP contribution in [0.2, 0.25) is 0 Å². The smallest absolute Gasteiger partial charge is 0.323 e.